The van der Waals surface area contributed by atoms with Crippen LogP contribution in [0.3, 0.4) is 0 Å². The van der Waals surface area contributed by atoms with Crippen LogP contribution in [0.1, 0.15) is 24.5 Å². The molecule has 6 heteroatoms. The van der Waals surface area contributed by atoms with Crippen molar-refractivity contribution in [1.82, 2.24) is 0 Å². The van der Waals surface area contributed by atoms with E-state index in [9.17, 15) is 4.79 Å². The molecule has 0 unspecified atom stereocenters. The van der Waals surface area contributed by atoms with Crippen LogP contribution in [0.2, 0.25) is 0 Å². The molecule has 1 heterocycles. The van der Waals surface area contributed by atoms with Crippen molar-refractivity contribution in [2.24, 2.45) is 4.99 Å². The van der Waals surface area contributed by atoms with Crippen molar-refractivity contribution in [3.05, 3.63) is 63.8 Å². The van der Waals surface area contributed by atoms with Crippen LogP contribution in [0, 0.1) is 0 Å². The van der Waals surface area contributed by atoms with Gasteiger partial charge in [-0.2, -0.15) is 0 Å². The number of aliphatic imine (C=N–C) groups is 1. The van der Waals surface area contributed by atoms with E-state index in [2.05, 4.69) is 20.9 Å². The molecule has 2 aromatic rings. The molecule has 0 saturated carbocycles. The van der Waals surface area contributed by atoms with E-state index in [-0.39, 0.29) is 5.70 Å². The van der Waals surface area contributed by atoms with Gasteiger partial charge in [0.1, 0.15) is 0 Å². The molecule has 0 aromatic heterocycles. The number of cyclic esters (lactones) is 1. The number of esters is 1. The minimum absolute atomic E-state index is 0.236. The number of benzene rings is 2. The number of nitrogens with zero attached hydrogens (tertiary/aromatic N) is 1. The highest BCUT2D eigenvalue weighted by atomic mass is 79.9. The molecule has 1 aliphatic heterocycles. The highest BCUT2D eigenvalue weighted by Crippen LogP contribution is 2.37. The maximum Gasteiger partial charge on any atom is 0.363 e. The fourth-order valence-corrected chi connectivity index (χ4v) is 3.01. The zero-order chi connectivity index (χ0) is 18.5. The second kappa shape index (κ2) is 8.19. The van der Waals surface area contributed by atoms with Crippen LogP contribution in [-0.2, 0) is 9.53 Å². The van der Waals surface area contributed by atoms with Gasteiger partial charge in [0.15, 0.2) is 17.2 Å². The number of ether oxygens (including phenoxy) is 3. The Balaban J connectivity index is 1.93. The lowest BCUT2D eigenvalue weighted by Gasteiger charge is -2.13. The molecule has 0 aliphatic carbocycles. The van der Waals surface area contributed by atoms with Crippen LogP contribution in [0.5, 0.6) is 11.5 Å². The number of halogens is 1. The van der Waals surface area contributed by atoms with Crippen LogP contribution < -0.4 is 9.47 Å². The van der Waals surface area contributed by atoms with Gasteiger partial charge in [-0.05, 0) is 58.3 Å². The quantitative estimate of drug-likeness (QED) is 0.511. The lowest BCUT2D eigenvalue weighted by Crippen LogP contribution is -2.05. The van der Waals surface area contributed by atoms with Gasteiger partial charge in [-0.3, -0.25) is 0 Å². The molecule has 3 rings (SSSR count). The van der Waals surface area contributed by atoms with Crippen molar-refractivity contribution >= 4 is 33.9 Å². The average Bonchev–Trinajstić information content (AvgIpc) is 3.02. The van der Waals surface area contributed by atoms with Crippen LogP contribution in [0.25, 0.3) is 6.08 Å². The predicted molar refractivity (Wildman–Crippen MR) is 104 cm³/mol. The number of methoxy groups -OCH3 is 1. The molecule has 1 aliphatic rings. The number of rotatable bonds is 6. The third-order valence-electron chi connectivity index (χ3n) is 3.65. The van der Waals surface area contributed by atoms with E-state index >= 15 is 0 Å². The topological polar surface area (TPSA) is 57.1 Å². The zero-order valence-corrected chi connectivity index (χ0v) is 16.1. The molecule has 26 heavy (non-hydrogen) atoms. The van der Waals surface area contributed by atoms with Gasteiger partial charge in [0.2, 0.25) is 5.90 Å². The van der Waals surface area contributed by atoms with Crippen molar-refractivity contribution in [2.75, 3.05) is 13.7 Å². The summed E-state index contributed by atoms with van der Waals surface area (Å²) in [5.41, 5.74) is 1.74. The first kappa shape index (κ1) is 18.2. The first-order chi connectivity index (χ1) is 12.6. The molecule has 2 aromatic carbocycles. The van der Waals surface area contributed by atoms with Crippen molar-refractivity contribution in [1.29, 1.82) is 0 Å². The summed E-state index contributed by atoms with van der Waals surface area (Å²) in [7, 11) is 1.58. The van der Waals surface area contributed by atoms with E-state index in [4.69, 9.17) is 14.2 Å². The van der Waals surface area contributed by atoms with Gasteiger partial charge in [-0.25, -0.2) is 9.79 Å². The third-order valence-corrected chi connectivity index (χ3v) is 4.24. The summed E-state index contributed by atoms with van der Waals surface area (Å²) in [6.45, 7) is 2.62. The van der Waals surface area contributed by atoms with Crippen LogP contribution >= 0.6 is 15.9 Å². The summed E-state index contributed by atoms with van der Waals surface area (Å²) in [4.78, 5) is 16.4. The SMILES string of the molecule is CCCOc1c(Br)cc(/C=C2/N=C(c3ccccc3)OC2=O)cc1OC. The summed E-state index contributed by atoms with van der Waals surface area (Å²) >= 11 is 3.50. The van der Waals surface area contributed by atoms with Gasteiger partial charge in [-0.15, -0.1) is 0 Å². The van der Waals surface area contributed by atoms with Crippen LogP contribution in [-0.4, -0.2) is 25.6 Å². The summed E-state index contributed by atoms with van der Waals surface area (Å²) in [5, 5.41) is 0. The molecule has 5 nitrogen and oxygen atoms in total. The minimum Gasteiger partial charge on any atom is -0.493 e. The average molecular weight is 416 g/mol. The molecule has 0 N–H and O–H groups in total. The van der Waals surface area contributed by atoms with E-state index in [1.54, 1.807) is 19.3 Å². The fourth-order valence-electron chi connectivity index (χ4n) is 2.44. The monoisotopic (exact) mass is 415 g/mol. The maximum absolute atomic E-state index is 12.1. The summed E-state index contributed by atoms with van der Waals surface area (Å²) in [5.74, 6) is 1.04. The van der Waals surface area contributed by atoms with Crippen molar-refractivity contribution < 1.29 is 19.0 Å². The van der Waals surface area contributed by atoms with Crippen molar-refractivity contribution in [3.63, 3.8) is 0 Å². The summed E-state index contributed by atoms with van der Waals surface area (Å²) in [6.07, 6.45) is 2.55. The van der Waals surface area contributed by atoms with Gasteiger partial charge >= 0.3 is 5.97 Å². The Morgan fingerprint density at radius 1 is 1.23 bits per heavy atom. The van der Waals surface area contributed by atoms with Gasteiger partial charge in [0, 0.05) is 5.56 Å². The molecular weight excluding hydrogens is 398 g/mol. The molecule has 0 saturated heterocycles. The first-order valence-corrected chi connectivity index (χ1v) is 9.00. The normalized spacial score (nSPS) is 15.0. The third kappa shape index (κ3) is 3.96. The number of carbonyl (C=O) groups is 1. The Morgan fingerprint density at radius 2 is 2.00 bits per heavy atom. The highest BCUT2D eigenvalue weighted by molar-refractivity contribution is 9.10. The highest BCUT2D eigenvalue weighted by Gasteiger charge is 2.24. The summed E-state index contributed by atoms with van der Waals surface area (Å²) < 4.78 is 17.1. The molecule has 0 bridgehead atoms. The maximum atomic E-state index is 12.1. The van der Waals surface area contributed by atoms with E-state index in [1.807, 2.05) is 43.3 Å². The molecular formula is C20H18BrNO4. The molecule has 0 spiro atoms. The zero-order valence-electron chi connectivity index (χ0n) is 14.5. The molecule has 0 fully saturated rings. The van der Waals surface area contributed by atoms with Crippen molar-refractivity contribution in [3.8, 4) is 11.5 Å². The van der Waals surface area contributed by atoms with Gasteiger partial charge in [0.25, 0.3) is 0 Å². The number of carbonyl (C=O) groups excluding carboxylic acids is 1. The lowest BCUT2D eigenvalue weighted by molar-refractivity contribution is -0.129. The fraction of sp³-hybridized carbons (Fsp3) is 0.200. The van der Waals surface area contributed by atoms with Gasteiger partial charge < -0.3 is 14.2 Å². The predicted octanol–water partition coefficient (Wildman–Crippen LogP) is 4.59. The Kier molecular flexibility index (Phi) is 5.73. The molecule has 0 radical (unpaired) electrons. The van der Waals surface area contributed by atoms with Gasteiger partial charge in [-0.1, -0.05) is 25.1 Å². The Hall–Kier alpha value is -2.60. The number of hydrogen-bond acceptors (Lipinski definition) is 5. The number of hydrogen-bond donors (Lipinski definition) is 0. The Bertz CT molecular complexity index is 875. The standard InChI is InChI=1S/C20H18BrNO4/c1-3-9-25-18-15(21)10-13(12-17(18)24-2)11-16-20(23)26-19(22-16)14-7-5-4-6-8-14/h4-8,10-12H,3,9H2,1-2H3/b16-11+. The first-order valence-electron chi connectivity index (χ1n) is 8.20. The summed E-state index contributed by atoms with van der Waals surface area (Å²) in [6, 6.07) is 13.0. The second-order valence-corrected chi connectivity index (χ2v) is 6.44. The van der Waals surface area contributed by atoms with Crippen LogP contribution in [0.4, 0.5) is 0 Å². The second-order valence-electron chi connectivity index (χ2n) is 5.58. The van der Waals surface area contributed by atoms with Crippen LogP contribution in [0.15, 0.2) is 57.6 Å². The van der Waals surface area contributed by atoms with E-state index in [1.165, 1.54) is 0 Å². The largest absolute Gasteiger partial charge is 0.493 e. The molecule has 134 valence electrons. The Morgan fingerprint density at radius 3 is 2.69 bits per heavy atom. The van der Waals surface area contributed by atoms with E-state index < -0.39 is 5.97 Å². The Labute approximate surface area is 160 Å². The smallest absolute Gasteiger partial charge is 0.363 e. The minimum atomic E-state index is -0.481. The van der Waals surface area contributed by atoms with Crippen molar-refractivity contribution in [2.45, 2.75) is 13.3 Å². The molecule has 0 amide bonds. The van der Waals surface area contributed by atoms with Gasteiger partial charge in [0.05, 0.1) is 18.2 Å². The lowest BCUT2D eigenvalue weighted by atomic mass is 10.1. The van der Waals surface area contributed by atoms with E-state index in [0.717, 1.165) is 22.0 Å². The van der Waals surface area contributed by atoms with E-state index in [0.29, 0.717) is 24.0 Å². The molecule has 0 atom stereocenters.